The molecule has 6 heteroatoms. The summed E-state index contributed by atoms with van der Waals surface area (Å²) in [6.07, 6.45) is 2.87. The molecule has 0 bridgehead atoms. The smallest absolute Gasteiger partial charge is 0.255 e. The van der Waals surface area contributed by atoms with Gasteiger partial charge in [-0.3, -0.25) is 9.59 Å². The highest BCUT2D eigenvalue weighted by Gasteiger charge is 2.28. The van der Waals surface area contributed by atoms with Crippen molar-refractivity contribution in [1.82, 2.24) is 10.3 Å². The van der Waals surface area contributed by atoms with Crippen LogP contribution >= 0.6 is 11.6 Å². The highest BCUT2D eigenvalue weighted by atomic mass is 35.5. The van der Waals surface area contributed by atoms with Crippen molar-refractivity contribution >= 4 is 29.6 Å². The standard InChI is InChI=1S/C23H26ClN3O2/c1-16(2)18-9-7-17(8-10-18)15-25-26-22(28)19-11-13-27(14-12-19)23(29)20-5-3-4-6-21(20)24/h3-10,15-16,19H,11-14H2,1-2H3,(H,26,28)/b25-15-. The van der Waals surface area contributed by atoms with Gasteiger partial charge in [-0.1, -0.05) is 61.8 Å². The predicted octanol–water partition coefficient (Wildman–Crippen LogP) is 4.47. The van der Waals surface area contributed by atoms with Gasteiger partial charge in [-0.05, 0) is 42.0 Å². The first-order valence-corrected chi connectivity index (χ1v) is 10.3. The summed E-state index contributed by atoms with van der Waals surface area (Å²) in [6.45, 7) is 5.36. The van der Waals surface area contributed by atoms with E-state index in [2.05, 4.69) is 36.5 Å². The van der Waals surface area contributed by atoms with Gasteiger partial charge in [0.25, 0.3) is 5.91 Å². The fraction of sp³-hybridized carbons (Fsp3) is 0.348. The number of hydrazone groups is 1. The summed E-state index contributed by atoms with van der Waals surface area (Å²) in [4.78, 5) is 26.7. The maximum absolute atomic E-state index is 12.6. The van der Waals surface area contributed by atoms with Crippen molar-refractivity contribution in [2.75, 3.05) is 13.1 Å². The second-order valence-corrected chi connectivity index (χ2v) is 8.01. The molecule has 152 valence electrons. The molecular formula is C23H26ClN3O2. The summed E-state index contributed by atoms with van der Waals surface area (Å²) in [7, 11) is 0. The van der Waals surface area contributed by atoms with E-state index < -0.39 is 0 Å². The average Bonchev–Trinajstić information content (AvgIpc) is 2.74. The molecule has 0 atom stereocenters. The largest absolute Gasteiger partial charge is 0.339 e. The second kappa shape index (κ2) is 9.70. The Balaban J connectivity index is 1.48. The highest BCUT2D eigenvalue weighted by Crippen LogP contribution is 2.22. The fourth-order valence-corrected chi connectivity index (χ4v) is 3.60. The molecule has 1 aliphatic rings. The van der Waals surface area contributed by atoms with Gasteiger partial charge in [-0.25, -0.2) is 5.43 Å². The van der Waals surface area contributed by atoms with Gasteiger partial charge in [-0.2, -0.15) is 5.10 Å². The summed E-state index contributed by atoms with van der Waals surface area (Å²) in [5.41, 5.74) is 5.34. The Morgan fingerprint density at radius 1 is 1.10 bits per heavy atom. The molecule has 5 nitrogen and oxygen atoms in total. The zero-order valence-corrected chi connectivity index (χ0v) is 17.5. The summed E-state index contributed by atoms with van der Waals surface area (Å²) in [5.74, 6) is 0.143. The third kappa shape index (κ3) is 5.45. The zero-order valence-electron chi connectivity index (χ0n) is 16.8. The van der Waals surface area contributed by atoms with E-state index in [1.54, 1.807) is 35.4 Å². The minimum atomic E-state index is -0.147. The van der Waals surface area contributed by atoms with Gasteiger partial charge in [0.05, 0.1) is 16.8 Å². The number of halogens is 1. The van der Waals surface area contributed by atoms with Gasteiger partial charge in [0, 0.05) is 19.0 Å². The Kier molecular flexibility index (Phi) is 7.04. The number of carbonyl (C=O) groups excluding carboxylic acids is 2. The molecular weight excluding hydrogens is 386 g/mol. The molecule has 3 rings (SSSR count). The second-order valence-electron chi connectivity index (χ2n) is 7.60. The molecule has 1 N–H and O–H groups in total. The van der Waals surface area contributed by atoms with Gasteiger partial charge in [-0.15, -0.1) is 0 Å². The maximum Gasteiger partial charge on any atom is 0.255 e. The van der Waals surface area contributed by atoms with Crippen LogP contribution in [0.4, 0.5) is 0 Å². The van der Waals surface area contributed by atoms with Gasteiger partial charge in [0.15, 0.2) is 0 Å². The van der Waals surface area contributed by atoms with Crippen LogP contribution in [0.25, 0.3) is 0 Å². The van der Waals surface area contributed by atoms with E-state index in [4.69, 9.17) is 11.6 Å². The number of amides is 2. The summed E-state index contributed by atoms with van der Waals surface area (Å²) in [5, 5.41) is 4.53. The number of nitrogens with zero attached hydrogens (tertiary/aromatic N) is 2. The van der Waals surface area contributed by atoms with E-state index in [-0.39, 0.29) is 17.7 Å². The molecule has 2 aromatic carbocycles. The Hall–Kier alpha value is -2.66. The number of nitrogens with one attached hydrogen (secondary N) is 1. The van der Waals surface area contributed by atoms with E-state index in [9.17, 15) is 9.59 Å². The van der Waals surface area contributed by atoms with Crippen molar-refractivity contribution in [3.8, 4) is 0 Å². The van der Waals surface area contributed by atoms with Crippen molar-refractivity contribution in [1.29, 1.82) is 0 Å². The number of hydrogen-bond acceptors (Lipinski definition) is 3. The van der Waals surface area contributed by atoms with Crippen molar-refractivity contribution < 1.29 is 9.59 Å². The van der Waals surface area contributed by atoms with E-state index in [0.29, 0.717) is 42.4 Å². The van der Waals surface area contributed by atoms with E-state index in [1.165, 1.54) is 5.56 Å². The topological polar surface area (TPSA) is 61.8 Å². The van der Waals surface area contributed by atoms with Gasteiger partial charge >= 0.3 is 0 Å². The molecule has 0 aliphatic carbocycles. The molecule has 0 radical (unpaired) electrons. The van der Waals surface area contributed by atoms with E-state index in [1.807, 2.05) is 12.1 Å². The predicted molar refractivity (Wildman–Crippen MR) is 116 cm³/mol. The molecule has 0 saturated carbocycles. The van der Waals surface area contributed by atoms with Crippen molar-refractivity contribution in [2.24, 2.45) is 11.0 Å². The Morgan fingerprint density at radius 2 is 1.76 bits per heavy atom. The normalized spacial score (nSPS) is 15.1. The lowest BCUT2D eigenvalue weighted by Crippen LogP contribution is -2.42. The molecule has 1 aliphatic heterocycles. The third-order valence-electron chi connectivity index (χ3n) is 5.25. The van der Waals surface area contributed by atoms with Crippen LogP contribution in [0.3, 0.4) is 0 Å². The zero-order chi connectivity index (χ0) is 20.8. The molecule has 0 aromatic heterocycles. The quantitative estimate of drug-likeness (QED) is 0.583. The number of piperidine rings is 1. The number of hydrogen-bond donors (Lipinski definition) is 1. The first-order chi connectivity index (χ1) is 14.0. The number of benzene rings is 2. The van der Waals surface area contributed by atoms with Crippen LogP contribution in [0.15, 0.2) is 53.6 Å². The van der Waals surface area contributed by atoms with Crippen molar-refractivity contribution in [2.45, 2.75) is 32.6 Å². The maximum atomic E-state index is 12.6. The van der Waals surface area contributed by atoms with Crippen LogP contribution in [0.1, 0.15) is 54.1 Å². The number of likely N-dealkylation sites (tertiary alicyclic amines) is 1. The van der Waals surface area contributed by atoms with Crippen LogP contribution < -0.4 is 5.43 Å². The molecule has 2 aromatic rings. The average molecular weight is 412 g/mol. The van der Waals surface area contributed by atoms with Crippen LogP contribution in [0.5, 0.6) is 0 Å². The van der Waals surface area contributed by atoms with Gasteiger partial charge < -0.3 is 4.90 Å². The van der Waals surface area contributed by atoms with E-state index >= 15 is 0 Å². The van der Waals surface area contributed by atoms with Crippen LogP contribution in [-0.4, -0.2) is 36.0 Å². The van der Waals surface area contributed by atoms with Crippen LogP contribution in [0, 0.1) is 5.92 Å². The molecule has 0 spiro atoms. The Morgan fingerprint density at radius 3 is 2.38 bits per heavy atom. The minimum absolute atomic E-state index is 0.0858. The summed E-state index contributed by atoms with van der Waals surface area (Å²) in [6, 6.07) is 15.2. The number of carbonyl (C=O) groups is 2. The lowest BCUT2D eigenvalue weighted by Gasteiger charge is -2.31. The highest BCUT2D eigenvalue weighted by molar-refractivity contribution is 6.33. The first kappa shape index (κ1) is 21.1. The molecule has 1 fully saturated rings. The SMILES string of the molecule is CC(C)c1ccc(/C=N\NC(=O)C2CCN(C(=O)c3ccccc3Cl)CC2)cc1. The van der Waals surface area contributed by atoms with Gasteiger partial charge in [0.1, 0.15) is 0 Å². The van der Waals surface area contributed by atoms with E-state index in [0.717, 1.165) is 5.56 Å². The fourth-order valence-electron chi connectivity index (χ4n) is 3.38. The Bertz CT molecular complexity index is 885. The van der Waals surface area contributed by atoms with Crippen molar-refractivity contribution in [3.63, 3.8) is 0 Å². The summed E-state index contributed by atoms with van der Waals surface area (Å²) >= 11 is 6.12. The molecule has 0 unspecified atom stereocenters. The van der Waals surface area contributed by atoms with Crippen molar-refractivity contribution in [3.05, 3.63) is 70.2 Å². The first-order valence-electron chi connectivity index (χ1n) is 9.92. The summed E-state index contributed by atoms with van der Waals surface area (Å²) < 4.78 is 0. The lowest BCUT2D eigenvalue weighted by molar-refractivity contribution is -0.126. The lowest BCUT2D eigenvalue weighted by atomic mass is 9.95. The van der Waals surface area contributed by atoms with Crippen LogP contribution in [-0.2, 0) is 4.79 Å². The molecule has 2 amide bonds. The number of rotatable bonds is 5. The molecule has 29 heavy (non-hydrogen) atoms. The molecule has 1 saturated heterocycles. The minimum Gasteiger partial charge on any atom is -0.339 e. The monoisotopic (exact) mass is 411 g/mol. The molecule has 1 heterocycles. The van der Waals surface area contributed by atoms with Gasteiger partial charge in [0.2, 0.25) is 5.91 Å². The third-order valence-corrected chi connectivity index (χ3v) is 5.58. The Labute approximate surface area is 176 Å². The van der Waals surface area contributed by atoms with Crippen LogP contribution in [0.2, 0.25) is 5.02 Å².